The summed E-state index contributed by atoms with van der Waals surface area (Å²) in [6, 6.07) is 16.7. The quantitative estimate of drug-likeness (QED) is 0.568. The number of halogens is 1. The molecule has 1 saturated heterocycles. The van der Waals surface area contributed by atoms with Gasteiger partial charge >= 0.3 is 0 Å². The van der Waals surface area contributed by atoms with Gasteiger partial charge in [0.25, 0.3) is 5.91 Å². The van der Waals surface area contributed by atoms with Gasteiger partial charge in [-0.15, -0.1) is 11.3 Å². The molecule has 0 unspecified atom stereocenters. The van der Waals surface area contributed by atoms with Gasteiger partial charge in [0, 0.05) is 37.6 Å². The Bertz CT molecular complexity index is 1200. The van der Waals surface area contributed by atoms with Crippen LogP contribution in [-0.2, 0) is 11.2 Å². The predicted molar refractivity (Wildman–Crippen MR) is 132 cm³/mol. The van der Waals surface area contributed by atoms with E-state index in [4.69, 9.17) is 0 Å². The molecule has 5 rings (SSSR count). The number of piperazine rings is 1. The number of carbonyl (C=O) groups is 2. The molecule has 5 nitrogen and oxygen atoms in total. The number of hydrogen-bond acceptors (Lipinski definition) is 4. The zero-order valence-electron chi connectivity index (χ0n) is 19.2. The molecular weight excluding hydrogens is 449 g/mol. The summed E-state index contributed by atoms with van der Waals surface area (Å²) in [5.74, 6) is -0.743. The van der Waals surface area contributed by atoms with E-state index in [-0.39, 0.29) is 23.4 Å². The minimum atomic E-state index is -0.508. The lowest BCUT2D eigenvalue weighted by Crippen LogP contribution is -2.53. The Hall–Kier alpha value is -3.03. The zero-order chi connectivity index (χ0) is 23.7. The minimum Gasteiger partial charge on any atom is -0.338 e. The van der Waals surface area contributed by atoms with E-state index >= 15 is 0 Å². The van der Waals surface area contributed by atoms with Crippen LogP contribution in [0.2, 0.25) is 0 Å². The fourth-order valence-corrected chi connectivity index (χ4v) is 5.94. The number of aryl methyl sites for hydroxylation is 1. The van der Waals surface area contributed by atoms with Crippen LogP contribution < -0.4 is 0 Å². The highest BCUT2D eigenvalue weighted by atomic mass is 32.1. The Kier molecular flexibility index (Phi) is 6.48. The summed E-state index contributed by atoms with van der Waals surface area (Å²) in [4.78, 5) is 33.2. The molecule has 3 aromatic rings. The van der Waals surface area contributed by atoms with E-state index in [1.54, 1.807) is 28.4 Å². The Morgan fingerprint density at radius 3 is 2.38 bits per heavy atom. The van der Waals surface area contributed by atoms with Gasteiger partial charge in [0.15, 0.2) is 0 Å². The molecule has 176 valence electrons. The molecule has 0 radical (unpaired) electrons. The highest BCUT2D eigenvalue weighted by molar-refractivity contribution is 7.10. The lowest BCUT2D eigenvalue weighted by atomic mass is 9.90. The van der Waals surface area contributed by atoms with E-state index in [9.17, 15) is 14.0 Å². The van der Waals surface area contributed by atoms with E-state index in [0.29, 0.717) is 32.7 Å². The third kappa shape index (κ3) is 4.38. The van der Waals surface area contributed by atoms with E-state index in [2.05, 4.69) is 41.5 Å². The number of nitrogens with zero attached hydrogens (tertiary/aromatic N) is 3. The summed E-state index contributed by atoms with van der Waals surface area (Å²) >= 11 is 1.79. The third-order valence-corrected chi connectivity index (χ3v) is 7.91. The lowest BCUT2D eigenvalue weighted by molar-refractivity contribution is -0.134. The second-order valence-electron chi connectivity index (χ2n) is 8.93. The molecule has 2 aromatic carbocycles. The number of rotatable bonds is 4. The van der Waals surface area contributed by atoms with Gasteiger partial charge in [-0.05, 0) is 53.6 Å². The predicted octanol–water partition coefficient (Wildman–Crippen LogP) is 4.13. The second-order valence-corrected chi connectivity index (χ2v) is 9.93. The van der Waals surface area contributed by atoms with Crippen LogP contribution in [0.1, 0.15) is 38.0 Å². The van der Waals surface area contributed by atoms with Gasteiger partial charge in [0.1, 0.15) is 5.82 Å². The topological polar surface area (TPSA) is 43.9 Å². The number of benzene rings is 2. The number of amides is 2. The van der Waals surface area contributed by atoms with Crippen molar-refractivity contribution in [3.05, 3.63) is 92.9 Å². The van der Waals surface area contributed by atoms with Gasteiger partial charge < -0.3 is 9.80 Å². The molecule has 7 heteroatoms. The number of carbonyl (C=O) groups excluding carboxylic acids is 2. The van der Waals surface area contributed by atoms with E-state index in [0.717, 1.165) is 13.0 Å². The fraction of sp³-hybridized carbons (Fsp3) is 0.333. The first kappa shape index (κ1) is 22.7. The molecule has 0 saturated carbocycles. The molecular formula is C27H28FN3O2S. The first-order valence-corrected chi connectivity index (χ1v) is 12.6. The van der Waals surface area contributed by atoms with Crippen molar-refractivity contribution < 1.29 is 14.0 Å². The van der Waals surface area contributed by atoms with Crippen LogP contribution in [-0.4, -0.2) is 65.8 Å². The van der Waals surface area contributed by atoms with Crippen molar-refractivity contribution in [3.63, 3.8) is 0 Å². The standard InChI is InChI=1S/C27H28FN3O2S/c1-19-6-2-3-7-20(19)26-22-11-17-34-24(22)10-12-31(26)18-25(32)29-13-15-30(16-14-29)27(33)21-8-4-5-9-23(21)28/h2-9,11,17,26H,10,12-16,18H2,1H3/t26-/m0/s1. The van der Waals surface area contributed by atoms with E-state index in [1.165, 1.54) is 33.7 Å². The summed E-state index contributed by atoms with van der Waals surface area (Å²) in [6.45, 7) is 5.06. The van der Waals surface area contributed by atoms with Crippen molar-refractivity contribution in [2.24, 2.45) is 0 Å². The Morgan fingerprint density at radius 2 is 1.62 bits per heavy atom. The van der Waals surface area contributed by atoms with Gasteiger partial charge in [-0.3, -0.25) is 14.5 Å². The highest BCUT2D eigenvalue weighted by Crippen LogP contribution is 2.38. The Balaban J connectivity index is 1.27. The van der Waals surface area contributed by atoms with Crippen molar-refractivity contribution in [2.75, 3.05) is 39.3 Å². The molecule has 1 aromatic heterocycles. The largest absolute Gasteiger partial charge is 0.338 e. The minimum absolute atomic E-state index is 0.0732. The molecule has 0 bridgehead atoms. The van der Waals surface area contributed by atoms with Crippen molar-refractivity contribution in [1.82, 2.24) is 14.7 Å². The normalized spacial score (nSPS) is 18.6. The highest BCUT2D eigenvalue weighted by Gasteiger charge is 2.33. The summed E-state index contributed by atoms with van der Waals surface area (Å²) in [5.41, 5.74) is 3.86. The molecule has 1 atom stereocenters. The maximum Gasteiger partial charge on any atom is 0.256 e. The number of hydrogen-bond donors (Lipinski definition) is 0. The van der Waals surface area contributed by atoms with E-state index in [1.807, 2.05) is 11.0 Å². The summed E-state index contributed by atoms with van der Waals surface area (Å²) in [5, 5.41) is 2.15. The third-order valence-electron chi connectivity index (χ3n) is 6.91. The van der Waals surface area contributed by atoms with Crippen LogP contribution in [0.3, 0.4) is 0 Å². The van der Waals surface area contributed by atoms with Gasteiger partial charge in [-0.25, -0.2) is 4.39 Å². The molecule has 0 spiro atoms. The molecule has 0 aliphatic carbocycles. The van der Waals surface area contributed by atoms with Crippen molar-refractivity contribution in [1.29, 1.82) is 0 Å². The van der Waals surface area contributed by atoms with Gasteiger partial charge in [0.05, 0.1) is 18.2 Å². The van der Waals surface area contributed by atoms with Gasteiger partial charge in [-0.2, -0.15) is 0 Å². The first-order valence-electron chi connectivity index (χ1n) is 11.7. The second kappa shape index (κ2) is 9.68. The van der Waals surface area contributed by atoms with Crippen molar-refractivity contribution in [3.8, 4) is 0 Å². The number of fused-ring (bicyclic) bond motifs is 1. The number of thiophene rings is 1. The molecule has 3 heterocycles. The van der Waals surface area contributed by atoms with Gasteiger partial charge in [0.2, 0.25) is 5.91 Å². The maximum atomic E-state index is 14.0. The molecule has 2 amide bonds. The molecule has 1 fully saturated rings. The molecule has 0 N–H and O–H groups in total. The zero-order valence-corrected chi connectivity index (χ0v) is 20.1. The van der Waals surface area contributed by atoms with Crippen molar-refractivity contribution in [2.45, 2.75) is 19.4 Å². The van der Waals surface area contributed by atoms with Crippen LogP contribution in [0.4, 0.5) is 4.39 Å². The molecule has 2 aliphatic heterocycles. The Labute approximate surface area is 203 Å². The lowest BCUT2D eigenvalue weighted by Gasteiger charge is -2.39. The summed E-state index contributed by atoms with van der Waals surface area (Å²) in [7, 11) is 0. The van der Waals surface area contributed by atoms with Crippen LogP contribution in [0.25, 0.3) is 0 Å². The fourth-order valence-electron chi connectivity index (χ4n) is 5.03. The monoisotopic (exact) mass is 477 g/mol. The summed E-state index contributed by atoms with van der Waals surface area (Å²) < 4.78 is 14.0. The average molecular weight is 478 g/mol. The van der Waals surface area contributed by atoms with Crippen LogP contribution in [0, 0.1) is 12.7 Å². The van der Waals surface area contributed by atoms with Gasteiger partial charge in [-0.1, -0.05) is 36.4 Å². The SMILES string of the molecule is Cc1ccccc1[C@H]1c2ccsc2CCN1CC(=O)N1CCN(C(=O)c2ccccc2F)CC1. The van der Waals surface area contributed by atoms with Crippen molar-refractivity contribution >= 4 is 23.2 Å². The average Bonchev–Trinajstić information content (AvgIpc) is 3.33. The Morgan fingerprint density at radius 1 is 0.912 bits per heavy atom. The van der Waals surface area contributed by atoms with Crippen LogP contribution in [0.15, 0.2) is 60.0 Å². The smallest absolute Gasteiger partial charge is 0.256 e. The van der Waals surface area contributed by atoms with Crippen LogP contribution >= 0.6 is 11.3 Å². The van der Waals surface area contributed by atoms with E-state index < -0.39 is 5.82 Å². The van der Waals surface area contributed by atoms with Crippen LogP contribution in [0.5, 0.6) is 0 Å². The maximum absolute atomic E-state index is 14.0. The molecule has 34 heavy (non-hydrogen) atoms. The first-order chi connectivity index (χ1) is 16.5. The molecule has 2 aliphatic rings. The summed E-state index contributed by atoms with van der Waals surface area (Å²) in [6.07, 6.45) is 0.952.